The van der Waals surface area contributed by atoms with Gasteiger partial charge in [0.05, 0.1) is 5.52 Å². The van der Waals surface area contributed by atoms with E-state index in [4.69, 9.17) is 10.8 Å². The van der Waals surface area contributed by atoms with Crippen molar-refractivity contribution in [3.8, 4) is 0 Å². The van der Waals surface area contributed by atoms with Crippen LogP contribution in [0.5, 0.6) is 0 Å². The van der Waals surface area contributed by atoms with E-state index >= 15 is 0 Å². The summed E-state index contributed by atoms with van der Waals surface area (Å²) in [5.41, 5.74) is 6.00. The SMILES string of the molecule is CC(C)O.NC(=O)n1ccc2ccccc21. The number of nitrogens with zero attached hydrogens (tertiary/aromatic N) is 1. The van der Waals surface area contributed by atoms with E-state index in [1.165, 1.54) is 4.57 Å². The van der Waals surface area contributed by atoms with Crippen LogP contribution in [0.25, 0.3) is 10.9 Å². The van der Waals surface area contributed by atoms with Gasteiger partial charge in [0.25, 0.3) is 0 Å². The Morgan fingerprint density at radius 2 is 1.88 bits per heavy atom. The first-order valence-electron chi connectivity index (χ1n) is 5.06. The molecule has 0 atom stereocenters. The van der Waals surface area contributed by atoms with Gasteiger partial charge in [0.2, 0.25) is 0 Å². The number of carbonyl (C=O) groups is 1. The van der Waals surface area contributed by atoms with Gasteiger partial charge in [-0.2, -0.15) is 0 Å². The fourth-order valence-corrected chi connectivity index (χ4v) is 1.28. The first-order chi connectivity index (χ1) is 7.52. The molecule has 1 aromatic heterocycles. The molecule has 0 bridgehead atoms. The van der Waals surface area contributed by atoms with Crippen molar-refractivity contribution in [2.75, 3.05) is 0 Å². The summed E-state index contributed by atoms with van der Waals surface area (Å²) < 4.78 is 1.43. The van der Waals surface area contributed by atoms with Crippen molar-refractivity contribution in [2.45, 2.75) is 20.0 Å². The van der Waals surface area contributed by atoms with Crippen LogP contribution in [0.3, 0.4) is 0 Å². The second-order valence-corrected chi connectivity index (χ2v) is 3.68. The van der Waals surface area contributed by atoms with Crippen LogP contribution >= 0.6 is 0 Å². The third-order valence-corrected chi connectivity index (χ3v) is 1.84. The maximum atomic E-state index is 10.9. The molecule has 0 aliphatic heterocycles. The summed E-state index contributed by atoms with van der Waals surface area (Å²) in [5, 5.41) is 9.08. The van der Waals surface area contributed by atoms with E-state index in [-0.39, 0.29) is 6.10 Å². The summed E-state index contributed by atoms with van der Waals surface area (Å²) in [6, 6.07) is 9.01. The largest absolute Gasteiger partial charge is 0.394 e. The monoisotopic (exact) mass is 220 g/mol. The summed E-state index contributed by atoms with van der Waals surface area (Å²) in [5.74, 6) is 0. The molecule has 3 N–H and O–H groups in total. The van der Waals surface area contributed by atoms with E-state index in [1.54, 1.807) is 20.0 Å². The third-order valence-electron chi connectivity index (χ3n) is 1.84. The van der Waals surface area contributed by atoms with E-state index in [0.29, 0.717) is 0 Å². The predicted molar refractivity (Wildman–Crippen MR) is 64.3 cm³/mol. The lowest BCUT2D eigenvalue weighted by molar-refractivity contribution is 0.216. The number of amides is 1. The van der Waals surface area contributed by atoms with Crippen LogP contribution < -0.4 is 5.73 Å². The molecule has 2 rings (SSSR count). The van der Waals surface area contributed by atoms with Gasteiger partial charge >= 0.3 is 6.03 Å². The van der Waals surface area contributed by atoms with Gasteiger partial charge in [-0.05, 0) is 26.0 Å². The maximum Gasteiger partial charge on any atom is 0.323 e. The van der Waals surface area contributed by atoms with Crippen LogP contribution in [0.1, 0.15) is 13.8 Å². The minimum atomic E-state index is -0.448. The molecule has 0 spiro atoms. The van der Waals surface area contributed by atoms with Crippen molar-refractivity contribution in [1.29, 1.82) is 0 Å². The average molecular weight is 220 g/mol. The molecule has 0 radical (unpaired) electrons. The lowest BCUT2D eigenvalue weighted by Gasteiger charge is -1.96. The first kappa shape index (κ1) is 12.3. The molecule has 4 nitrogen and oxygen atoms in total. The first-order valence-corrected chi connectivity index (χ1v) is 5.06. The fourth-order valence-electron chi connectivity index (χ4n) is 1.28. The highest BCUT2D eigenvalue weighted by atomic mass is 16.3. The Labute approximate surface area is 94.3 Å². The van der Waals surface area contributed by atoms with Crippen LogP contribution in [0, 0.1) is 0 Å². The molecule has 16 heavy (non-hydrogen) atoms. The molecular weight excluding hydrogens is 204 g/mol. The summed E-state index contributed by atoms with van der Waals surface area (Å²) in [6.45, 7) is 3.44. The summed E-state index contributed by atoms with van der Waals surface area (Å²) in [4.78, 5) is 10.9. The molecule has 1 amide bonds. The number of aliphatic hydroxyl groups excluding tert-OH is 1. The van der Waals surface area contributed by atoms with Crippen molar-refractivity contribution in [1.82, 2.24) is 4.57 Å². The quantitative estimate of drug-likeness (QED) is 0.712. The molecule has 0 saturated carbocycles. The van der Waals surface area contributed by atoms with Crippen molar-refractivity contribution in [3.05, 3.63) is 36.5 Å². The molecule has 0 aliphatic carbocycles. The zero-order chi connectivity index (χ0) is 12.1. The van der Waals surface area contributed by atoms with Crippen LogP contribution in [-0.4, -0.2) is 21.8 Å². The molecule has 2 aromatic rings. The van der Waals surface area contributed by atoms with Gasteiger partial charge < -0.3 is 10.8 Å². The third kappa shape index (κ3) is 3.10. The van der Waals surface area contributed by atoms with Crippen molar-refractivity contribution in [3.63, 3.8) is 0 Å². The van der Waals surface area contributed by atoms with Gasteiger partial charge in [-0.15, -0.1) is 0 Å². The van der Waals surface area contributed by atoms with Crippen molar-refractivity contribution >= 4 is 16.9 Å². The molecule has 86 valence electrons. The smallest absolute Gasteiger partial charge is 0.323 e. The van der Waals surface area contributed by atoms with E-state index in [2.05, 4.69) is 0 Å². The van der Waals surface area contributed by atoms with Crippen molar-refractivity contribution < 1.29 is 9.90 Å². The number of primary amides is 1. The van der Waals surface area contributed by atoms with Crippen LogP contribution in [0.2, 0.25) is 0 Å². The summed E-state index contributed by atoms with van der Waals surface area (Å²) in [7, 11) is 0. The highest BCUT2D eigenvalue weighted by molar-refractivity contribution is 5.90. The lowest BCUT2D eigenvalue weighted by atomic mass is 10.2. The number of nitrogens with two attached hydrogens (primary N) is 1. The number of para-hydroxylation sites is 1. The number of hydrogen-bond donors (Lipinski definition) is 2. The van der Waals surface area contributed by atoms with E-state index in [0.717, 1.165) is 10.9 Å². The topological polar surface area (TPSA) is 68.2 Å². The zero-order valence-electron chi connectivity index (χ0n) is 9.42. The molecule has 0 aliphatic rings. The Morgan fingerprint density at radius 1 is 1.31 bits per heavy atom. The molecule has 0 saturated heterocycles. The molecular formula is C12H16N2O2. The zero-order valence-corrected chi connectivity index (χ0v) is 9.42. The molecule has 1 heterocycles. The summed E-state index contributed by atoms with van der Waals surface area (Å²) in [6.07, 6.45) is 1.51. The fraction of sp³-hybridized carbons (Fsp3) is 0.250. The van der Waals surface area contributed by atoms with Crippen LogP contribution in [-0.2, 0) is 0 Å². The number of benzene rings is 1. The number of aliphatic hydroxyl groups is 1. The normalized spacial score (nSPS) is 10.0. The number of fused-ring (bicyclic) bond motifs is 1. The Balaban J connectivity index is 0.000000280. The second kappa shape index (κ2) is 5.32. The minimum Gasteiger partial charge on any atom is -0.394 e. The Bertz CT molecular complexity index is 472. The lowest BCUT2D eigenvalue weighted by Crippen LogP contribution is -2.17. The molecule has 4 heteroatoms. The Kier molecular flexibility index (Phi) is 4.08. The van der Waals surface area contributed by atoms with Crippen LogP contribution in [0.15, 0.2) is 36.5 Å². The van der Waals surface area contributed by atoms with Gasteiger partial charge in [0, 0.05) is 17.7 Å². The van der Waals surface area contributed by atoms with Gasteiger partial charge in [0.15, 0.2) is 0 Å². The maximum absolute atomic E-state index is 10.9. The van der Waals surface area contributed by atoms with E-state index in [9.17, 15) is 4.79 Å². The second-order valence-electron chi connectivity index (χ2n) is 3.68. The molecule has 0 fully saturated rings. The van der Waals surface area contributed by atoms with Crippen LogP contribution in [0.4, 0.5) is 4.79 Å². The highest BCUT2D eigenvalue weighted by Gasteiger charge is 2.02. The Morgan fingerprint density at radius 3 is 2.44 bits per heavy atom. The predicted octanol–water partition coefficient (Wildman–Crippen LogP) is 1.96. The number of hydrogen-bond acceptors (Lipinski definition) is 2. The summed E-state index contributed by atoms with van der Waals surface area (Å²) >= 11 is 0. The standard InChI is InChI=1S/C9H8N2O.C3H8O/c10-9(12)11-6-5-7-3-1-2-4-8(7)11;1-3(2)4/h1-6H,(H2,10,12);3-4H,1-2H3. The van der Waals surface area contributed by atoms with Crippen molar-refractivity contribution in [2.24, 2.45) is 5.73 Å². The van der Waals surface area contributed by atoms with Gasteiger partial charge in [-0.1, -0.05) is 18.2 Å². The average Bonchev–Trinajstić information content (AvgIpc) is 2.59. The van der Waals surface area contributed by atoms with E-state index in [1.807, 2.05) is 30.3 Å². The van der Waals surface area contributed by atoms with Gasteiger partial charge in [0.1, 0.15) is 0 Å². The highest BCUT2D eigenvalue weighted by Crippen LogP contribution is 2.13. The number of rotatable bonds is 0. The molecule has 0 unspecified atom stereocenters. The number of aromatic nitrogens is 1. The van der Waals surface area contributed by atoms with E-state index < -0.39 is 6.03 Å². The minimum absolute atomic E-state index is 0.167. The Hall–Kier alpha value is -1.81. The molecule has 1 aromatic carbocycles. The van der Waals surface area contributed by atoms with Gasteiger partial charge in [-0.25, -0.2) is 4.79 Å². The van der Waals surface area contributed by atoms with Gasteiger partial charge in [-0.3, -0.25) is 4.57 Å². The number of carbonyl (C=O) groups excluding carboxylic acids is 1.